The van der Waals surface area contributed by atoms with Gasteiger partial charge in [-0.2, -0.15) is 0 Å². The van der Waals surface area contributed by atoms with Crippen molar-refractivity contribution in [3.8, 4) is 11.5 Å². The molecule has 4 nitrogen and oxygen atoms in total. The van der Waals surface area contributed by atoms with Crippen molar-refractivity contribution < 1.29 is 9.47 Å². The molecule has 5 heteroatoms. The Kier molecular flexibility index (Phi) is 2.82. The number of nitrogens with zero attached hydrogens (tertiary/aromatic N) is 1. The molecule has 1 aliphatic carbocycles. The summed E-state index contributed by atoms with van der Waals surface area (Å²) in [6, 6.07) is 3.93. The standard InChI is InChI=1S/C14H18N2O2S/c1-14(4-5-14)8-16-10-7-12(18-3)11(17-2)6-9(10)15-13(16)19/h6-7H,4-5,8H2,1-3H3,(H,15,19). The third-order valence-electron chi connectivity index (χ3n) is 3.92. The van der Waals surface area contributed by atoms with Crippen LogP contribution in [0, 0.1) is 10.2 Å². The van der Waals surface area contributed by atoms with E-state index in [-0.39, 0.29) is 0 Å². The first kappa shape index (κ1) is 12.5. The van der Waals surface area contributed by atoms with Gasteiger partial charge in [0.15, 0.2) is 16.3 Å². The summed E-state index contributed by atoms with van der Waals surface area (Å²) in [5.74, 6) is 1.45. The molecule has 0 unspecified atom stereocenters. The Hall–Kier alpha value is -1.49. The molecule has 3 rings (SSSR count). The van der Waals surface area contributed by atoms with Crippen LogP contribution in [0.3, 0.4) is 0 Å². The molecule has 0 saturated heterocycles. The van der Waals surface area contributed by atoms with Crippen molar-refractivity contribution in [3.63, 3.8) is 0 Å². The molecule has 102 valence electrons. The van der Waals surface area contributed by atoms with Crippen LogP contribution in [0.4, 0.5) is 0 Å². The largest absolute Gasteiger partial charge is 0.493 e. The van der Waals surface area contributed by atoms with Gasteiger partial charge in [-0.25, -0.2) is 0 Å². The van der Waals surface area contributed by atoms with Gasteiger partial charge in [0.25, 0.3) is 0 Å². The van der Waals surface area contributed by atoms with Gasteiger partial charge in [0.05, 0.1) is 25.3 Å². The lowest BCUT2D eigenvalue weighted by atomic mass is 10.1. The van der Waals surface area contributed by atoms with E-state index < -0.39 is 0 Å². The molecule has 0 radical (unpaired) electrons. The Morgan fingerprint density at radius 3 is 2.47 bits per heavy atom. The predicted octanol–water partition coefficient (Wildman–Crippen LogP) is 3.52. The van der Waals surface area contributed by atoms with Crippen molar-refractivity contribution in [1.82, 2.24) is 9.55 Å². The van der Waals surface area contributed by atoms with Crippen LogP contribution in [0.5, 0.6) is 11.5 Å². The minimum atomic E-state index is 0.403. The molecule has 0 atom stereocenters. The Labute approximate surface area is 117 Å². The van der Waals surface area contributed by atoms with E-state index in [4.69, 9.17) is 21.7 Å². The number of hydrogen-bond acceptors (Lipinski definition) is 3. The monoisotopic (exact) mass is 278 g/mol. The quantitative estimate of drug-likeness (QED) is 0.870. The number of methoxy groups -OCH3 is 2. The second-order valence-electron chi connectivity index (χ2n) is 5.55. The fourth-order valence-corrected chi connectivity index (χ4v) is 2.67. The van der Waals surface area contributed by atoms with Crippen LogP contribution in [0.1, 0.15) is 19.8 Å². The summed E-state index contributed by atoms with van der Waals surface area (Å²) in [4.78, 5) is 3.25. The number of nitrogens with one attached hydrogen (secondary N) is 1. The molecule has 1 N–H and O–H groups in total. The highest BCUT2D eigenvalue weighted by atomic mass is 32.1. The first-order valence-electron chi connectivity index (χ1n) is 6.41. The second-order valence-corrected chi connectivity index (χ2v) is 5.94. The third kappa shape index (κ3) is 2.12. The second kappa shape index (κ2) is 4.27. The van der Waals surface area contributed by atoms with Crippen LogP contribution in [-0.2, 0) is 6.54 Å². The molecule has 1 aliphatic rings. The summed E-state index contributed by atoms with van der Waals surface area (Å²) in [7, 11) is 3.29. The van der Waals surface area contributed by atoms with Crippen LogP contribution >= 0.6 is 12.2 Å². The summed E-state index contributed by atoms with van der Waals surface area (Å²) in [5, 5.41) is 0. The maximum Gasteiger partial charge on any atom is 0.178 e. The predicted molar refractivity (Wildman–Crippen MR) is 77.6 cm³/mol. The Bertz CT molecular complexity index is 683. The van der Waals surface area contributed by atoms with Gasteiger partial charge in [-0.05, 0) is 30.5 Å². The Balaban J connectivity index is 2.16. The highest BCUT2D eigenvalue weighted by Gasteiger charge is 2.38. The molecule has 1 aromatic heterocycles. The van der Waals surface area contributed by atoms with Gasteiger partial charge in [0, 0.05) is 18.7 Å². The molecular formula is C14H18N2O2S. The fraction of sp³-hybridized carbons (Fsp3) is 0.500. The lowest BCUT2D eigenvalue weighted by Gasteiger charge is -2.12. The average molecular weight is 278 g/mol. The number of rotatable bonds is 4. The molecule has 2 aromatic rings. The maximum atomic E-state index is 5.43. The molecule has 1 fully saturated rings. The van der Waals surface area contributed by atoms with E-state index in [0.717, 1.165) is 33.8 Å². The molecule has 0 amide bonds. The summed E-state index contributed by atoms with van der Waals surface area (Å²) < 4.78 is 13.6. The van der Waals surface area contributed by atoms with Gasteiger partial charge in [-0.15, -0.1) is 0 Å². The van der Waals surface area contributed by atoms with E-state index in [1.165, 1.54) is 12.8 Å². The Morgan fingerprint density at radius 1 is 1.26 bits per heavy atom. The fourth-order valence-electron chi connectivity index (χ4n) is 2.39. The van der Waals surface area contributed by atoms with Crippen molar-refractivity contribution in [2.24, 2.45) is 5.41 Å². The molecule has 0 aliphatic heterocycles. The Morgan fingerprint density at radius 2 is 1.89 bits per heavy atom. The van der Waals surface area contributed by atoms with Crippen LogP contribution in [0.25, 0.3) is 11.0 Å². The molecule has 0 bridgehead atoms. The van der Waals surface area contributed by atoms with Crippen molar-refractivity contribution in [3.05, 3.63) is 16.9 Å². The summed E-state index contributed by atoms with van der Waals surface area (Å²) >= 11 is 5.43. The minimum Gasteiger partial charge on any atom is -0.493 e. The van der Waals surface area contributed by atoms with Crippen LogP contribution in [0.2, 0.25) is 0 Å². The number of aromatic amines is 1. The average Bonchev–Trinajstić information content (AvgIpc) is 3.05. The van der Waals surface area contributed by atoms with Crippen molar-refractivity contribution in [2.75, 3.05) is 14.2 Å². The summed E-state index contributed by atoms with van der Waals surface area (Å²) in [6.45, 7) is 3.26. The minimum absolute atomic E-state index is 0.403. The van der Waals surface area contributed by atoms with E-state index in [1.807, 2.05) is 12.1 Å². The number of hydrogen-bond donors (Lipinski definition) is 1. The topological polar surface area (TPSA) is 39.2 Å². The van der Waals surface area contributed by atoms with Crippen molar-refractivity contribution in [1.29, 1.82) is 0 Å². The van der Waals surface area contributed by atoms with E-state index in [1.54, 1.807) is 14.2 Å². The van der Waals surface area contributed by atoms with Gasteiger partial charge in [-0.1, -0.05) is 6.92 Å². The first-order valence-corrected chi connectivity index (χ1v) is 6.82. The normalized spacial score (nSPS) is 16.6. The number of aromatic nitrogens is 2. The summed E-state index contributed by atoms with van der Waals surface area (Å²) in [5.41, 5.74) is 2.48. The smallest absolute Gasteiger partial charge is 0.178 e. The van der Waals surface area contributed by atoms with Crippen molar-refractivity contribution >= 4 is 23.3 Å². The molecule has 1 saturated carbocycles. The zero-order chi connectivity index (χ0) is 13.6. The highest BCUT2D eigenvalue weighted by Crippen LogP contribution is 2.47. The van der Waals surface area contributed by atoms with E-state index >= 15 is 0 Å². The number of H-pyrrole nitrogens is 1. The van der Waals surface area contributed by atoms with Gasteiger partial charge in [-0.3, -0.25) is 0 Å². The molecule has 0 spiro atoms. The SMILES string of the molecule is COc1cc2[nH]c(=S)n(CC3(C)CC3)c2cc1OC. The molecular weight excluding hydrogens is 260 g/mol. The molecule has 19 heavy (non-hydrogen) atoms. The van der Waals surface area contributed by atoms with E-state index in [9.17, 15) is 0 Å². The number of ether oxygens (including phenoxy) is 2. The van der Waals surface area contributed by atoms with E-state index in [2.05, 4.69) is 16.5 Å². The zero-order valence-electron chi connectivity index (χ0n) is 11.4. The van der Waals surface area contributed by atoms with Gasteiger partial charge < -0.3 is 19.0 Å². The molecule has 1 aromatic carbocycles. The maximum absolute atomic E-state index is 5.43. The van der Waals surface area contributed by atoms with Crippen LogP contribution in [-0.4, -0.2) is 23.8 Å². The number of imidazole rings is 1. The highest BCUT2D eigenvalue weighted by molar-refractivity contribution is 7.71. The lowest BCUT2D eigenvalue weighted by Crippen LogP contribution is -2.07. The van der Waals surface area contributed by atoms with E-state index in [0.29, 0.717) is 5.41 Å². The number of benzene rings is 1. The lowest BCUT2D eigenvalue weighted by molar-refractivity contribution is 0.355. The van der Waals surface area contributed by atoms with Gasteiger partial charge >= 0.3 is 0 Å². The number of fused-ring (bicyclic) bond motifs is 1. The zero-order valence-corrected chi connectivity index (χ0v) is 12.3. The van der Waals surface area contributed by atoms with Crippen LogP contribution in [0.15, 0.2) is 12.1 Å². The van der Waals surface area contributed by atoms with Crippen LogP contribution < -0.4 is 9.47 Å². The third-order valence-corrected chi connectivity index (χ3v) is 4.25. The summed E-state index contributed by atoms with van der Waals surface area (Å²) in [6.07, 6.45) is 2.55. The first-order chi connectivity index (χ1) is 9.06. The van der Waals surface area contributed by atoms with Crippen molar-refractivity contribution in [2.45, 2.75) is 26.3 Å². The van der Waals surface area contributed by atoms with Gasteiger partial charge in [0.2, 0.25) is 0 Å². The van der Waals surface area contributed by atoms with Gasteiger partial charge in [0.1, 0.15) is 0 Å². The molecule has 1 heterocycles.